The zero-order valence-electron chi connectivity index (χ0n) is 15.9. The monoisotopic (exact) mass is 400 g/mol. The van der Waals surface area contributed by atoms with Crippen molar-refractivity contribution < 1.29 is 0 Å². The highest BCUT2D eigenvalue weighted by molar-refractivity contribution is 6.33. The van der Waals surface area contributed by atoms with Crippen LogP contribution in [0.5, 0.6) is 0 Å². The van der Waals surface area contributed by atoms with Crippen molar-refractivity contribution in [3.63, 3.8) is 0 Å². The third-order valence-electron chi connectivity index (χ3n) is 5.96. The standard InChI is InChI=1S/C23H26Cl2N2/c1-14(26-17-5-4-6-17)15-7-10-21-19(11-15)23(2,3)13-22(27-21)18-12-16(24)8-9-20(18)25/h7-12,17,22,26-27H,1,4-6,13H2,2-3H3. The first-order chi connectivity index (χ1) is 12.8. The SMILES string of the molecule is C=C(NC1CCC1)c1ccc2c(c1)C(C)(C)CC(c1cc(Cl)ccc1Cl)N2. The smallest absolute Gasteiger partial charge is 0.0537 e. The van der Waals surface area contributed by atoms with Crippen LogP contribution in [0.4, 0.5) is 5.69 Å². The third-order valence-corrected chi connectivity index (χ3v) is 6.54. The van der Waals surface area contributed by atoms with Crippen molar-refractivity contribution in [2.75, 3.05) is 5.32 Å². The fraction of sp³-hybridized carbons (Fsp3) is 0.391. The molecule has 0 amide bonds. The van der Waals surface area contributed by atoms with Crippen LogP contribution in [-0.2, 0) is 5.41 Å². The predicted octanol–water partition coefficient (Wildman–Crippen LogP) is 6.94. The summed E-state index contributed by atoms with van der Waals surface area (Å²) < 4.78 is 0. The van der Waals surface area contributed by atoms with Crippen LogP contribution in [0.3, 0.4) is 0 Å². The van der Waals surface area contributed by atoms with Crippen molar-refractivity contribution in [3.8, 4) is 0 Å². The van der Waals surface area contributed by atoms with E-state index < -0.39 is 0 Å². The molecule has 1 saturated carbocycles. The van der Waals surface area contributed by atoms with Crippen LogP contribution >= 0.6 is 23.2 Å². The normalized spacial score (nSPS) is 21.0. The van der Waals surface area contributed by atoms with Gasteiger partial charge in [0.15, 0.2) is 0 Å². The molecule has 142 valence electrons. The van der Waals surface area contributed by atoms with Crippen LogP contribution in [0.25, 0.3) is 5.70 Å². The summed E-state index contributed by atoms with van der Waals surface area (Å²) in [6.45, 7) is 8.85. The first kappa shape index (κ1) is 18.7. The quantitative estimate of drug-likeness (QED) is 0.580. The zero-order valence-corrected chi connectivity index (χ0v) is 17.4. The van der Waals surface area contributed by atoms with Gasteiger partial charge in [-0.2, -0.15) is 0 Å². The van der Waals surface area contributed by atoms with Crippen LogP contribution in [0.15, 0.2) is 43.0 Å². The summed E-state index contributed by atoms with van der Waals surface area (Å²) in [7, 11) is 0. The van der Waals surface area contributed by atoms with E-state index in [2.05, 4.69) is 49.3 Å². The molecule has 0 bridgehead atoms. The van der Waals surface area contributed by atoms with Crippen molar-refractivity contribution in [2.24, 2.45) is 0 Å². The molecular formula is C23H26Cl2N2. The largest absolute Gasteiger partial charge is 0.382 e. The number of fused-ring (bicyclic) bond motifs is 1. The van der Waals surface area contributed by atoms with Crippen LogP contribution < -0.4 is 10.6 Å². The summed E-state index contributed by atoms with van der Waals surface area (Å²) in [5.41, 5.74) is 5.76. The molecule has 0 aromatic heterocycles. The minimum absolute atomic E-state index is 0.0175. The van der Waals surface area contributed by atoms with Gasteiger partial charge in [0.1, 0.15) is 0 Å². The lowest BCUT2D eigenvalue weighted by atomic mass is 9.73. The van der Waals surface area contributed by atoms with Crippen molar-refractivity contribution in [3.05, 3.63) is 69.7 Å². The Hall–Kier alpha value is -1.64. The number of hydrogen-bond donors (Lipinski definition) is 2. The molecule has 2 N–H and O–H groups in total. The number of nitrogens with one attached hydrogen (secondary N) is 2. The number of benzene rings is 2. The molecule has 1 heterocycles. The number of anilines is 1. The Morgan fingerprint density at radius 1 is 1.15 bits per heavy atom. The van der Waals surface area contributed by atoms with E-state index in [-0.39, 0.29) is 11.5 Å². The van der Waals surface area contributed by atoms with E-state index in [1.54, 1.807) is 0 Å². The fourth-order valence-electron chi connectivity index (χ4n) is 4.13. The lowest BCUT2D eigenvalue weighted by Gasteiger charge is -2.39. The van der Waals surface area contributed by atoms with Crippen LogP contribution in [0.1, 0.15) is 62.3 Å². The van der Waals surface area contributed by atoms with E-state index in [0.29, 0.717) is 11.1 Å². The molecule has 2 aromatic rings. The molecule has 2 aromatic carbocycles. The van der Waals surface area contributed by atoms with Gasteiger partial charge >= 0.3 is 0 Å². The van der Waals surface area contributed by atoms with E-state index in [4.69, 9.17) is 23.2 Å². The molecule has 4 heteroatoms. The van der Waals surface area contributed by atoms with E-state index in [9.17, 15) is 0 Å². The highest BCUT2D eigenvalue weighted by Crippen LogP contribution is 2.46. The van der Waals surface area contributed by atoms with Crippen molar-refractivity contribution >= 4 is 34.6 Å². The van der Waals surface area contributed by atoms with Gasteiger partial charge in [-0.05, 0) is 78.1 Å². The van der Waals surface area contributed by atoms with Crippen LogP contribution in [-0.4, -0.2) is 6.04 Å². The lowest BCUT2D eigenvalue weighted by Crippen LogP contribution is -2.34. The topological polar surface area (TPSA) is 24.1 Å². The number of rotatable bonds is 4. The van der Waals surface area contributed by atoms with Gasteiger partial charge in [-0.25, -0.2) is 0 Å². The maximum Gasteiger partial charge on any atom is 0.0537 e. The molecular weight excluding hydrogens is 375 g/mol. The van der Waals surface area contributed by atoms with Crippen LogP contribution in [0.2, 0.25) is 10.0 Å². The summed E-state index contributed by atoms with van der Waals surface area (Å²) in [5.74, 6) is 0. The zero-order chi connectivity index (χ0) is 19.2. The number of hydrogen-bond acceptors (Lipinski definition) is 2. The second kappa shape index (κ2) is 7.07. The highest BCUT2D eigenvalue weighted by Gasteiger charge is 2.34. The Bertz CT molecular complexity index is 884. The Morgan fingerprint density at radius 3 is 2.63 bits per heavy atom. The van der Waals surface area contributed by atoms with Gasteiger partial charge in [0.25, 0.3) is 0 Å². The second-order valence-electron chi connectivity index (χ2n) is 8.46. The fourth-order valence-corrected chi connectivity index (χ4v) is 4.56. The van der Waals surface area contributed by atoms with E-state index in [1.807, 2.05) is 18.2 Å². The molecule has 0 radical (unpaired) electrons. The van der Waals surface area contributed by atoms with Gasteiger partial charge in [-0.3, -0.25) is 0 Å². The summed E-state index contributed by atoms with van der Waals surface area (Å²) >= 11 is 12.7. The molecule has 1 aliphatic carbocycles. The molecule has 0 saturated heterocycles. The van der Waals surface area contributed by atoms with Crippen molar-refractivity contribution in [1.29, 1.82) is 0 Å². The van der Waals surface area contributed by atoms with Gasteiger partial charge in [0, 0.05) is 27.5 Å². The van der Waals surface area contributed by atoms with Gasteiger partial charge < -0.3 is 10.6 Å². The highest BCUT2D eigenvalue weighted by atomic mass is 35.5. The molecule has 1 aliphatic heterocycles. The average molecular weight is 401 g/mol. The van der Waals surface area contributed by atoms with E-state index in [1.165, 1.54) is 30.4 Å². The lowest BCUT2D eigenvalue weighted by molar-refractivity contribution is 0.378. The Labute approximate surface area is 172 Å². The van der Waals surface area contributed by atoms with Crippen LogP contribution in [0, 0.1) is 0 Å². The summed E-state index contributed by atoms with van der Waals surface area (Å²) in [4.78, 5) is 0. The Morgan fingerprint density at radius 2 is 1.93 bits per heavy atom. The van der Waals surface area contributed by atoms with Gasteiger partial charge in [0.05, 0.1) is 6.04 Å². The van der Waals surface area contributed by atoms with E-state index >= 15 is 0 Å². The van der Waals surface area contributed by atoms with Gasteiger partial charge in [0.2, 0.25) is 0 Å². The van der Waals surface area contributed by atoms with Gasteiger partial charge in [-0.1, -0.05) is 49.7 Å². The molecule has 2 nitrogen and oxygen atoms in total. The first-order valence-electron chi connectivity index (χ1n) is 9.65. The Balaban J connectivity index is 1.63. The maximum absolute atomic E-state index is 6.47. The molecule has 4 rings (SSSR count). The maximum atomic E-state index is 6.47. The van der Waals surface area contributed by atoms with Gasteiger partial charge in [-0.15, -0.1) is 0 Å². The Kier molecular flexibility index (Phi) is 4.90. The molecule has 2 aliphatic rings. The minimum atomic E-state index is 0.0175. The second-order valence-corrected chi connectivity index (χ2v) is 9.31. The minimum Gasteiger partial charge on any atom is -0.382 e. The molecule has 1 atom stereocenters. The van der Waals surface area contributed by atoms with Crippen molar-refractivity contribution in [2.45, 2.75) is 57.0 Å². The van der Waals surface area contributed by atoms with E-state index in [0.717, 1.165) is 28.4 Å². The molecule has 27 heavy (non-hydrogen) atoms. The summed E-state index contributed by atoms with van der Waals surface area (Å²) in [6, 6.07) is 13.0. The summed E-state index contributed by atoms with van der Waals surface area (Å²) in [5, 5.41) is 8.71. The number of halogens is 2. The van der Waals surface area contributed by atoms with Crippen molar-refractivity contribution in [1.82, 2.24) is 5.32 Å². The predicted molar refractivity (Wildman–Crippen MR) is 117 cm³/mol. The molecule has 1 fully saturated rings. The summed E-state index contributed by atoms with van der Waals surface area (Å²) in [6.07, 6.45) is 4.77. The molecule has 0 spiro atoms. The molecule has 1 unspecified atom stereocenters. The first-order valence-corrected chi connectivity index (χ1v) is 10.4. The third kappa shape index (κ3) is 3.70. The average Bonchev–Trinajstić information content (AvgIpc) is 2.59.